The summed E-state index contributed by atoms with van der Waals surface area (Å²) in [5.41, 5.74) is 0. The largest absolute Gasteiger partial charge is 0.336 e. The van der Waals surface area contributed by atoms with Crippen LogP contribution in [-0.2, 0) is 4.18 Å². The summed E-state index contributed by atoms with van der Waals surface area (Å²) in [5.74, 6) is 0. The normalized spacial score (nSPS) is 13.0. The molecule has 0 bridgehead atoms. The van der Waals surface area contributed by atoms with Crippen molar-refractivity contribution in [1.29, 1.82) is 0 Å². The molecule has 1 rings (SSSR count). The van der Waals surface area contributed by atoms with Gasteiger partial charge in [-0.05, 0) is 24.6 Å². The van der Waals surface area contributed by atoms with E-state index in [2.05, 4.69) is 24.6 Å². The Balaban J connectivity index is 2.93. The second-order valence-electron chi connectivity index (χ2n) is 2.71. The Labute approximate surface area is 69.9 Å². The molecular formula is C9H14OS. The van der Waals surface area contributed by atoms with Crippen molar-refractivity contribution in [3.05, 3.63) is 30.3 Å². The van der Waals surface area contributed by atoms with E-state index in [9.17, 15) is 0 Å². The number of benzene rings is 1. The third-order valence-electron chi connectivity index (χ3n) is 1.73. The molecule has 0 amide bonds. The van der Waals surface area contributed by atoms with Gasteiger partial charge in [0.2, 0.25) is 0 Å². The predicted molar refractivity (Wildman–Crippen MR) is 51.2 cm³/mol. The number of rotatable bonds is 2. The van der Waals surface area contributed by atoms with Crippen LogP contribution in [0.25, 0.3) is 0 Å². The third kappa shape index (κ3) is 1.98. The molecule has 0 unspecified atom stereocenters. The van der Waals surface area contributed by atoms with Crippen LogP contribution in [0.3, 0.4) is 0 Å². The van der Waals surface area contributed by atoms with E-state index in [1.807, 2.05) is 18.2 Å². The Bertz CT molecular complexity index is 218. The van der Waals surface area contributed by atoms with E-state index in [0.717, 1.165) is 0 Å². The van der Waals surface area contributed by atoms with Crippen molar-refractivity contribution < 1.29 is 4.18 Å². The van der Waals surface area contributed by atoms with E-state index in [1.54, 1.807) is 7.11 Å². The lowest BCUT2D eigenvalue weighted by molar-refractivity contribution is 0.470. The smallest absolute Gasteiger partial charge is 0.0486 e. The van der Waals surface area contributed by atoms with Gasteiger partial charge in [-0.25, -0.2) is 0 Å². The van der Waals surface area contributed by atoms with Crippen LogP contribution in [0.2, 0.25) is 0 Å². The first-order valence-electron chi connectivity index (χ1n) is 3.51. The Morgan fingerprint density at radius 2 is 1.64 bits per heavy atom. The molecule has 0 spiro atoms. The highest BCUT2D eigenvalue weighted by Crippen LogP contribution is 2.48. The van der Waals surface area contributed by atoms with Crippen molar-refractivity contribution >= 4 is 10.3 Å². The summed E-state index contributed by atoms with van der Waals surface area (Å²) in [6.07, 6.45) is 4.28. The highest BCUT2D eigenvalue weighted by molar-refractivity contribution is 8.28. The molecule has 0 aliphatic rings. The van der Waals surface area contributed by atoms with Crippen LogP contribution in [0, 0.1) is 0 Å². The van der Waals surface area contributed by atoms with Crippen LogP contribution < -0.4 is 0 Å². The van der Waals surface area contributed by atoms with Crippen LogP contribution >= 0.6 is 10.3 Å². The Hall–Kier alpha value is -0.470. The molecule has 0 heterocycles. The molecule has 0 radical (unpaired) electrons. The van der Waals surface area contributed by atoms with Crippen molar-refractivity contribution in [3.63, 3.8) is 0 Å². The molecule has 0 fully saturated rings. The van der Waals surface area contributed by atoms with E-state index in [4.69, 9.17) is 4.18 Å². The first kappa shape index (κ1) is 8.62. The van der Waals surface area contributed by atoms with Crippen molar-refractivity contribution in [2.24, 2.45) is 0 Å². The lowest BCUT2D eigenvalue weighted by Crippen LogP contribution is -1.97. The van der Waals surface area contributed by atoms with Crippen molar-refractivity contribution in [2.75, 3.05) is 19.6 Å². The van der Waals surface area contributed by atoms with Crippen LogP contribution in [0.5, 0.6) is 0 Å². The molecule has 0 saturated heterocycles. The van der Waals surface area contributed by atoms with E-state index in [-0.39, 0.29) is 0 Å². The van der Waals surface area contributed by atoms with Crippen LogP contribution in [0.4, 0.5) is 0 Å². The molecule has 0 aromatic heterocycles. The number of hydrogen-bond acceptors (Lipinski definition) is 1. The lowest BCUT2D eigenvalue weighted by atomic mass is 10.4. The van der Waals surface area contributed by atoms with E-state index < -0.39 is 10.3 Å². The maximum Gasteiger partial charge on any atom is 0.0486 e. The molecule has 0 atom stereocenters. The molecule has 0 aliphatic carbocycles. The lowest BCUT2D eigenvalue weighted by Gasteiger charge is -2.29. The van der Waals surface area contributed by atoms with Crippen molar-refractivity contribution in [1.82, 2.24) is 0 Å². The topological polar surface area (TPSA) is 9.23 Å². The van der Waals surface area contributed by atoms with Crippen molar-refractivity contribution in [3.8, 4) is 0 Å². The minimum absolute atomic E-state index is 0.998. The van der Waals surface area contributed by atoms with E-state index in [0.29, 0.717) is 0 Å². The first-order chi connectivity index (χ1) is 5.17. The summed E-state index contributed by atoms with van der Waals surface area (Å²) in [4.78, 5) is 1.29. The molecule has 11 heavy (non-hydrogen) atoms. The summed E-state index contributed by atoms with van der Waals surface area (Å²) in [6, 6.07) is 10.3. The standard InChI is InChI=1S/C9H14OS/c1-10-11(2,3)9-7-5-4-6-8-9/h4-8H,1-3H3. The molecule has 0 aliphatic heterocycles. The maximum atomic E-state index is 5.41. The first-order valence-corrected chi connectivity index (χ1v) is 5.88. The van der Waals surface area contributed by atoms with Gasteiger partial charge in [0, 0.05) is 12.0 Å². The summed E-state index contributed by atoms with van der Waals surface area (Å²) >= 11 is 0. The second-order valence-corrected chi connectivity index (χ2v) is 5.98. The van der Waals surface area contributed by atoms with E-state index in [1.165, 1.54) is 4.90 Å². The van der Waals surface area contributed by atoms with Gasteiger partial charge in [-0.3, -0.25) is 0 Å². The number of hydrogen-bond donors (Lipinski definition) is 0. The van der Waals surface area contributed by atoms with Gasteiger partial charge in [0.05, 0.1) is 0 Å². The fraction of sp³-hybridized carbons (Fsp3) is 0.333. The molecular weight excluding hydrogens is 156 g/mol. The van der Waals surface area contributed by atoms with E-state index >= 15 is 0 Å². The highest BCUT2D eigenvalue weighted by atomic mass is 32.3. The maximum absolute atomic E-state index is 5.41. The Kier molecular flexibility index (Phi) is 2.58. The zero-order valence-electron chi connectivity index (χ0n) is 7.20. The molecule has 2 heteroatoms. The van der Waals surface area contributed by atoms with Crippen LogP contribution in [-0.4, -0.2) is 19.6 Å². The molecule has 0 N–H and O–H groups in total. The van der Waals surface area contributed by atoms with Crippen LogP contribution in [0.15, 0.2) is 35.2 Å². The van der Waals surface area contributed by atoms with Gasteiger partial charge in [-0.15, -0.1) is 10.3 Å². The monoisotopic (exact) mass is 170 g/mol. The molecule has 1 nitrogen and oxygen atoms in total. The Morgan fingerprint density at radius 3 is 2.09 bits per heavy atom. The van der Waals surface area contributed by atoms with Gasteiger partial charge in [0.1, 0.15) is 0 Å². The fourth-order valence-electron chi connectivity index (χ4n) is 0.844. The van der Waals surface area contributed by atoms with Crippen molar-refractivity contribution in [2.45, 2.75) is 4.90 Å². The zero-order chi connectivity index (χ0) is 8.32. The van der Waals surface area contributed by atoms with Gasteiger partial charge in [0.15, 0.2) is 0 Å². The summed E-state index contributed by atoms with van der Waals surface area (Å²) in [5, 5.41) is 0. The Morgan fingerprint density at radius 1 is 1.09 bits per heavy atom. The predicted octanol–water partition coefficient (Wildman–Crippen LogP) is 2.67. The van der Waals surface area contributed by atoms with Gasteiger partial charge in [-0.1, -0.05) is 18.2 Å². The van der Waals surface area contributed by atoms with Crippen LogP contribution in [0.1, 0.15) is 0 Å². The molecule has 0 saturated carbocycles. The molecule has 1 aromatic carbocycles. The average Bonchev–Trinajstić information content (AvgIpc) is 2.06. The third-order valence-corrected chi connectivity index (χ3v) is 3.97. The minimum Gasteiger partial charge on any atom is -0.336 e. The minimum atomic E-state index is -0.998. The summed E-state index contributed by atoms with van der Waals surface area (Å²) in [6.45, 7) is 0. The quantitative estimate of drug-likeness (QED) is 0.663. The molecule has 1 aromatic rings. The summed E-state index contributed by atoms with van der Waals surface area (Å²) in [7, 11) is 0.768. The van der Waals surface area contributed by atoms with Gasteiger partial charge < -0.3 is 4.18 Å². The SMILES string of the molecule is COS(C)(C)c1ccccc1. The average molecular weight is 170 g/mol. The summed E-state index contributed by atoms with van der Waals surface area (Å²) < 4.78 is 5.41. The fourth-order valence-corrected chi connectivity index (χ4v) is 1.85. The second kappa shape index (κ2) is 3.28. The zero-order valence-corrected chi connectivity index (χ0v) is 8.02. The molecule has 62 valence electrons. The highest BCUT2D eigenvalue weighted by Gasteiger charge is 2.11. The van der Waals surface area contributed by atoms with Gasteiger partial charge in [-0.2, -0.15) is 0 Å². The van der Waals surface area contributed by atoms with Gasteiger partial charge in [0.25, 0.3) is 0 Å². The van der Waals surface area contributed by atoms with Gasteiger partial charge >= 0.3 is 0 Å².